The first kappa shape index (κ1) is 11.9. The van der Waals surface area contributed by atoms with Crippen LogP contribution in [0.15, 0.2) is 22.9 Å². The predicted molar refractivity (Wildman–Crippen MR) is 76.3 cm³/mol. The van der Waals surface area contributed by atoms with Gasteiger partial charge in [0.05, 0.1) is 12.2 Å². The number of hydrogen-bond donors (Lipinski definition) is 0. The minimum atomic E-state index is 0.689. The van der Waals surface area contributed by atoms with Crippen molar-refractivity contribution >= 4 is 27.5 Å². The van der Waals surface area contributed by atoms with E-state index < -0.39 is 0 Å². The molecular weight excluding hydrogens is 328 g/mol. The molecule has 1 aromatic heterocycles. The van der Waals surface area contributed by atoms with E-state index in [4.69, 9.17) is 11.6 Å². The second kappa shape index (κ2) is 4.30. The molecule has 98 valence electrons. The van der Waals surface area contributed by atoms with Gasteiger partial charge in [0.25, 0.3) is 0 Å². The van der Waals surface area contributed by atoms with Gasteiger partial charge < -0.3 is 0 Å². The van der Waals surface area contributed by atoms with Crippen molar-refractivity contribution in [3.8, 4) is 5.69 Å². The smallest absolute Gasteiger partial charge is 0.204 e. The molecule has 2 heterocycles. The molecule has 2 aromatic rings. The van der Waals surface area contributed by atoms with Gasteiger partial charge in [-0.25, -0.2) is 0 Å². The van der Waals surface area contributed by atoms with E-state index in [-0.39, 0.29) is 0 Å². The summed E-state index contributed by atoms with van der Waals surface area (Å²) in [4.78, 5) is 2.47. The molecule has 1 fully saturated rings. The number of benzene rings is 1. The van der Waals surface area contributed by atoms with Crippen molar-refractivity contribution in [2.45, 2.75) is 32.0 Å². The van der Waals surface area contributed by atoms with Crippen LogP contribution in [0.1, 0.15) is 24.2 Å². The first-order valence-corrected chi connectivity index (χ1v) is 7.52. The topological polar surface area (TPSA) is 34.0 Å². The third-order valence-corrected chi connectivity index (χ3v) is 4.50. The number of aromatic nitrogens is 3. The maximum atomic E-state index is 6.14. The first-order chi connectivity index (χ1) is 9.22. The molecular formula is C13H12BrClN4. The Bertz CT molecular complexity index is 650. The lowest BCUT2D eigenvalue weighted by Gasteiger charge is -2.18. The highest BCUT2D eigenvalue weighted by molar-refractivity contribution is 9.10. The first-order valence-electron chi connectivity index (χ1n) is 6.35. The lowest BCUT2D eigenvalue weighted by Crippen LogP contribution is -2.24. The molecule has 0 bridgehead atoms. The van der Waals surface area contributed by atoms with Crippen molar-refractivity contribution in [1.82, 2.24) is 19.7 Å². The van der Waals surface area contributed by atoms with E-state index in [9.17, 15) is 0 Å². The molecule has 2 aliphatic rings. The highest BCUT2D eigenvalue weighted by Gasteiger charge is 2.33. The van der Waals surface area contributed by atoms with Crippen LogP contribution in [0.5, 0.6) is 0 Å². The van der Waals surface area contributed by atoms with Gasteiger partial charge in [0.1, 0.15) is 0 Å². The molecule has 0 unspecified atom stereocenters. The van der Waals surface area contributed by atoms with Gasteiger partial charge in [0.15, 0.2) is 5.82 Å². The van der Waals surface area contributed by atoms with Crippen molar-refractivity contribution in [3.05, 3.63) is 39.3 Å². The molecule has 19 heavy (non-hydrogen) atoms. The van der Waals surface area contributed by atoms with Crippen LogP contribution in [-0.2, 0) is 13.1 Å². The van der Waals surface area contributed by atoms with E-state index in [2.05, 4.69) is 35.6 Å². The van der Waals surface area contributed by atoms with Crippen molar-refractivity contribution in [2.24, 2.45) is 0 Å². The van der Waals surface area contributed by atoms with Crippen LogP contribution in [-0.4, -0.2) is 25.7 Å². The zero-order valence-electron chi connectivity index (χ0n) is 10.2. The van der Waals surface area contributed by atoms with Crippen LogP contribution in [0.2, 0.25) is 5.02 Å². The summed E-state index contributed by atoms with van der Waals surface area (Å²) in [5.74, 6) is 0.986. The van der Waals surface area contributed by atoms with Crippen molar-refractivity contribution in [2.75, 3.05) is 0 Å². The predicted octanol–water partition coefficient (Wildman–Crippen LogP) is 3.16. The van der Waals surface area contributed by atoms with Gasteiger partial charge in [0.2, 0.25) is 4.73 Å². The average molecular weight is 340 g/mol. The molecule has 0 saturated heterocycles. The summed E-state index contributed by atoms with van der Waals surface area (Å²) in [5, 5.41) is 9.21. The molecule has 0 spiro atoms. The standard InChI is InChI=1S/C13H12BrClN4/c14-13-17-16-12-7-18(10-2-3-10)6-8-5-9(15)1-4-11(8)19(12)13/h1,4-5,10H,2-3,6-7H2. The summed E-state index contributed by atoms with van der Waals surface area (Å²) in [5.41, 5.74) is 2.36. The SMILES string of the molecule is Clc1ccc2c(c1)CN(C1CC1)Cc1nnc(Br)n1-2. The van der Waals surface area contributed by atoms with Gasteiger partial charge in [0, 0.05) is 17.6 Å². The molecule has 4 nitrogen and oxygen atoms in total. The highest BCUT2D eigenvalue weighted by Crippen LogP contribution is 2.35. The molecule has 4 rings (SSSR count). The zero-order chi connectivity index (χ0) is 13.0. The van der Waals surface area contributed by atoms with Gasteiger partial charge in [-0.1, -0.05) is 11.6 Å². The minimum absolute atomic E-state index is 0.689. The Labute approximate surface area is 124 Å². The fourth-order valence-corrected chi connectivity index (χ4v) is 3.36. The Balaban J connectivity index is 1.91. The zero-order valence-corrected chi connectivity index (χ0v) is 12.5. The summed E-state index contributed by atoms with van der Waals surface area (Å²) in [6.45, 7) is 1.77. The van der Waals surface area contributed by atoms with E-state index in [1.807, 2.05) is 18.2 Å². The van der Waals surface area contributed by atoms with E-state index >= 15 is 0 Å². The summed E-state index contributed by atoms with van der Waals surface area (Å²) in [7, 11) is 0. The maximum Gasteiger partial charge on any atom is 0.204 e. The molecule has 0 amide bonds. The molecule has 1 aliphatic heterocycles. The normalized spacial score (nSPS) is 18.8. The van der Waals surface area contributed by atoms with Crippen molar-refractivity contribution < 1.29 is 0 Å². The Kier molecular flexibility index (Phi) is 2.69. The largest absolute Gasteiger partial charge is 0.289 e. The summed E-state index contributed by atoms with van der Waals surface area (Å²) in [6.07, 6.45) is 2.57. The Morgan fingerprint density at radius 2 is 2.05 bits per heavy atom. The highest BCUT2D eigenvalue weighted by atomic mass is 79.9. The number of halogens is 2. The van der Waals surface area contributed by atoms with Crippen LogP contribution < -0.4 is 0 Å². The molecule has 1 aliphatic carbocycles. The quantitative estimate of drug-likeness (QED) is 0.800. The van der Waals surface area contributed by atoms with Crippen LogP contribution in [0.3, 0.4) is 0 Å². The van der Waals surface area contributed by atoms with Crippen molar-refractivity contribution in [3.63, 3.8) is 0 Å². The summed E-state index contributed by atoms with van der Waals surface area (Å²) >= 11 is 9.63. The average Bonchev–Trinajstić information content (AvgIpc) is 3.17. The molecule has 1 saturated carbocycles. The van der Waals surface area contributed by atoms with Gasteiger partial charge in [-0.05, 0) is 52.5 Å². The van der Waals surface area contributed by atoms with Gasteiger partial charge in [-0.2, -0.15) is 0 Å². The molecule has 0 N–H and O–H groups in total. The second-order valence-electron chi connectivity index (χ2n) is 5.13. The summed E-state index contributed by atoms with van der Waals surface area (Å²) in [6, 6.07) is 6.71. The van der Waals surface area contributed by atoms with E-state index in [1.54, 1.807) is 0 Å². The Morgan fingerprint density at radius 1 is 1.21 bits per heavy atom. The van der Waals surface area contributed by atoms with Crippen LogP contribution in [0.25, 0.3) is 5.69 Å². The lowest BCUT2D eigenvalue weighted by atomic mass is 10.1. The Hall–Kier alpha value is -0.910. The molecule has 0 atom stereocenters. The minimum Gasteiger partial charge on any atom is -0.289 e. The van der Waals surface area contributed by atoms with Crippen LogP contribution in [0.4, 0.5) is 0 Å². The fourth-order valence-electron chi connectivity index (χ4n) is 2.69. The van der Waals surface area contributed by atoms with Gasteiger partial charge in [-0.3, -0.25) is 9.47 Å². The van der Waals surface area contributed by atoms with E-state index in [0.717, 1.165) is 34.4 Å². The van der Waals surface area contributed by atoms with Crippen LogP contribution in [0, 0.1) is 0 Å². The fraction of sp³-hybridized carbons (Fsp3) is 0.385. The number of fused-ring (bicyclic) bond motifs is 3. The molecule has 1 aromatic carbocycles. The Morgan fingerprint density at radius 3 is 2.84 bits per heavy atom. The lowest BCUT2D eigenvalue weighted by molar-refractivity contribution is 0.243. The third-order valence-electron chi connectivity index (χ3n) is 3.75. The summed E-state index contributed by atoms with van der Waals surface area (Å²) < 4.78 is 2.83. The monoisotopic (exact) mass is 338 g/mol. The maximum absolute atomic E-state index is 6.14. The van der Waals surface area contributed by atoms with Gasteiger partial charge in [-0.15, -0.1) is 10.2 Å². The third kappa shape index (κ3) is 2.00. The second-order valence-corrected chi connectivity index (χ2v) is 6.28. The number of hydrogen-bond acceptors (Lipinski definition) is 3. The molecule has 0 radical (unpaired) electrons. The van der Waals surface area contributed by atoms with Crippen molar-refractivity contribution in [1.29, 1.82) is 0 Å². The number of nitrogens with zero attached hydrogens (tertiary/aromatic N) is 4. The van der Waals surface area contributed by atoms with E-state index in [1.165, 1.54) is 18.4 Å². The van der Waals surface area contributed by atoms with Crippen LogP contribution >= 0.6 is 27.5 Å². The van der Waals surface area contributed by atoms with E-state index in [0.29, 0.717) is 6.04 Å². The number of rotatable bonds is 1. The molecule has 6 heteroatoms. The van der Waals surface area contributed by atoms with Gasteiger partial charge >= 0.3 is 0 Å².